The van der Waals surface area contributed by atoms with Crippen molar-refractivity contribution >= 4 is 28.4 Å². The Morgan fingerprint density at radius 2 is 2.21 bits per heavy atom. The Kier molecular flexibility index (Phi) is 5.10. The Hall–Kier alpha value is -1.60. The zero-order valence-electron chi connectivity index (χ0n) is 13.4. The van der Waals surface area contributed by atoms with Crippen LogP contribution in [0.3, 0.4) is 0 Å². The normalized spacial score (nSPS) is 24.2. The van der Waals surface area contributed by atoms with E-state index in [4.69, 9.17) is 16.3 Å². The molecule has 1 saturated heterocycles. The number of H-pyrrole nitrogens is 1. The summed E-state index contributed by atoms with van der Waals surface area (Å²) in [5, 5.41) is 21.2. The molecule has 1 aliphatic rings. The highest BCUT2D eigenvalue weighted by Crippen LogP contribution is 2.25. The first-order valence-electron chi connectivity index (χ1n) is 8.01. The molecular weight excluding hydrogens is 332 g/mol. The molecule has 24 heavy (non-hydrogen) atoms. The Bertz CT molecular complexity index is 732. The highest BCUT2D eigenvalue weighted by molar-refractivity contribution is 6.35. The SMILES string of the molecule is CCN(C[C@@H]1COC[C@@H](O)[C@H]1O)C(=O)c1cc2c(Cl)cccc2[nH]1. The minimum absolute atomic E-state index is 0.123. The first kappa shape index (κ1) is 17.2. The second kappa shape index (κ2) is 7.11. The number of carbonyl (C=O) groups excluding carboxylic acids is 1. The molecule has 6 nitrogen and oxygen atoms in total. The molecule has 7 heteroatoms. The molecule has 0 aliphatic carbocycles. The summed E-state index contributed by atoms with van der Waals surface area (Å²) in [5.74, 6) is -0.484. The maximum Gasteiger partial charge on any atom is 0.270 e. The predicted molar refractivity (Wildman–Crippen MR) is 91.2 cm³/mol. The smallest absolute Gasteiger partial charge is 0.270 e. The fraction of sp³-hybridized carbons (Fsp3) is 0.471. The van der Waals surface area contributed by atoms with Gasteiger partial charge in [-0.25, -0.2) is 0 Å². The van der Waals surface area contributed by atoms with Crippen molar-refractivity contribution in [2.45, 2.75) is 19.1 Å². The van der Waals surface area contributed by atoms with Crippen molar-refractivity contribution in [1.29, 1.82) is 0 Å². The van der Waals surface area contributed by atoms with E-state index in [-0.39, 0.29) is 18.4 Å². The fourth-order valence-corrected chi connectivity index (χ4v) is 3.28. The van der Waals surface area contributed by atoms with Crippen LogP contribution in [0.25, 0.3) is 10.9 Å². The van der Waals surface area contributed by atoms with Crippen molar-refractivity contribution in [2.24, 2.45) is 5.92 Å². The fourth-order valence-electron chi connectivity index (χ4n) is 3.05. The summed E-state index contributed by atoms with van der Waals surface area (Å²) in [5.41, 5.74) is 1.25. The van der Waals surface area contributed by atoms with E-state index in [0.717, 1.165) is 10.9 Å². The van der Waals surface area contributed by atoms with Crippen LogP contribution < -0.4 is 0 Å². The molecule has 3 rings (SSSR count). The van der Waals surface area contributed by atoms with Crippen molar-refractivity contribution in [2.75, 3.05) is 26.3 Å². The lowest BCUT2D eigenvalue weighted by Gasteiger charge is -2.35. The molecule has 0 radical (unpaired) electrons. The lowest BCUT2D eigenvalue weighted by atomic mass is 9.96. The number of rotatable bonds is 4. The van der Waals surface area contributed by atoms with Gasteiger partial charge in [-0.15, -0.1) is 0 Å². The van der Waals surface area contributed by atoms with Crippen LogP contribution in [0.1, 0.15) is 17.4 Å². The maximum absolute atomic E-state index is 12.8. The number of nitrogens with one attached hydrogen (secondary N) is 1. The highest BCUT2D eigenvalue weighted by Gasteiger charge is 2.33. The van der Waals surface area contributed by atoms with Gasteiger partial charge in [-0.2, -0.15) is 0 Å². The average Bonchev–Trinajstić information content (AvgIpc) is 3.01. The lowest BCUT2D eigenvalue weighted by molar-refractivity contribution is -0.123. The summed E-state index contributed by atoms with van der Waals surface area (Å²) >= 11 is 6.16. The van der Waals surface area contributed by atoms with Gasteiger partial charge in [0.1, 0.15) is 11.8 Å². The molecule has 2 heterocycles. The number of halogens is 1. The lowest BCUT2D eigenvalue weighted by Crippen LogP contribution is -2.49. The van der Waals surface area contributed by atoms with Gasteiger partial charge in [0.2, 0.25) is 0 Å². The number of ether oxygens (including phenoxy) is 1. The van der Waals surface area contributed by atoms with Gasteiger partial charge in [-0.05, 0) is 25.1 Å². The van der Waals surface area contributed by atoms with Gasteiger partial charge in [0, 0.05) is 34.9 Å². The van der Waals surface area contributed by atoms with E-state index in [1.807, 2.05) is 19.1 Å². The van der Waals surface area contributed by atoms with Crippen molar-refractivity contribution in [1.82, 2.24) is 9.88 Å². The van der Waals surface area contributed by atoms with Crippen molar-refractivity contribution < 1.29 is 19.7 Å². The number of aromatic nitrogens is 1. The Morgan fingerprint density at radius 3 is 2.92 bits per heavy atom. The second-order valence-electron chi connectivity index (χ2n) is 6.08. The van der Waals surface area contributed by atoms with Crippen LogP contribution in [-0.4, -0.2) is 64.5 Å². The molecule has 0 bridgehead atoms. The van der Waals surface area contributed by atoms with E-state index < -0.39 is 12.2 Å². The zero-order chi connectivity index (χ0) is 17.3. The van der Waals surface area contributed by atoms with E-state index in [1.54, 1.807) is 17.0 Å². The molecule has 1 aliphatic heterocycles. The van der Waals surface area contributed by atoms with Crippen molar-refractivity contribution in [3.05, 3.63) is 35.0 Å². The third-order valence-corrected chi connectivity index (χ3v) is 4.79. The quantitative estimate of drug-likeness (QED) is 0.781. The number of hydrogen-bond acceptors (Lipinski definition) is 4. The Balaban J connectivity index is 1.79. The summed E-state index contributed by atoms with van der Waals surface area (Å²) in [6.45, 7) is 3.12. The van der Waals surface area contributed by atoms with Crippen LogP contribution in [-0.2, 0) is 4.74 Å². The van der Waals surface area contributed by atoms with Crippen molar-refractivity contribution in [3.63, 3.8) is 0 Å². The first-order valence-corrected chi connectivity index (χ1v) is 8.39. The standard InChI is InChI=1S/C17H21ClN2O4/c1-2-20(7-10-8-24-9-15(21)16(10)22)17(23)14-6-11-12(18)4-3-5-13(11)19-14/h3-6,10,15-16,19,21-22H,2,7-9H2,1H3/t10-,15-,16+/m1/s1. The number of amides is 1. The van der Waals surface area contributed by atoms with Crippen LogP contribution in [0.15, 0.2) is 24.3 Å². The monoisotopic (exact) mass is 352 g/mol. The molecule has 3 N–H and O–H groups in total. The van der Waals surface area contributed by atoms with E-state index >= 15 is 0 Å². The van der Waals surface area contributed by atoms with Crippen LogP contribution >= 0.6 is 11.6 Å². The third kappa shape index (κ3) is 3.28. The van der Waals surface area contributed by atoms with Gasteiger partial charge in [0.05, 0.1) is 19.3 Å². The van der Waals surface area contributed by atoms with Gasteiger partial charge in [0.15, 0.2) is 0 Å². The number of aromatic amines is 1. The van der Waals surface area contributed by atoms with Gasteiger partial charge in [0.25, 0.3) is 5.91 Å². The largest absolute Gasteiger partial charge is 0.390 e. The van der Waals surface area contributed by atoms with Gasteiger partial charge in [-0.1, -0.05) is 17.7 Å². The summed E-state index contributed by atoms with van der Waals surface area (Å²) in [4.78, 5) is 17.5. The number of hydrogen-bond donors (Lipinski definition) is 3. The molecule has 1 aromatic heterocycles. The zero-order valence-corrected chi connectivity index (χ0v) is 14.2. The van der Waals surface area contributed by atoms with Crippen LogP contribution in [0, 0.1) is 5.92 Å². The molecule has 0 spiro atoms. The number of aliphatic hydroxyl groups is 2. The van der Waals surface area contributed by atoms with E-state index in [9.17, 15) is 15.0 Å². The molecule has 1 amide bonds. The number of nitrogens with zero attached hydrogens (tertiary/aromatic N) is 1. The summed E-state index contributed by atoms with van der Waals surface area (Å²) in [6.07, 6.45) is -1.80. The summed E-state index contributed by atoms with van der Waals surface area (Å²) in [6, 6.07) is 7.21. The number of benzene rings is 1. The first-order chi connectivity index (χ1) is 11.5. The van der Waals surface area contributed by atoms with E-state index in [0.29, 0.717) is 30.4 Å². The molecule has 2 aromatic rings. The molecule has 3 atom stereocenters. The second-order valence-corrected chi connectivity index (χ2v) is 6.49. The third-order valence-electron chi connectivity index (χ3n) is 4.46. The molecular formula is C17H21ClN2O4. The van der Waals surface area contributed by atoms with Gasteiger partial charge in [-0.3, -0.25) is 4.79 Å². The maximum atomic E-state index is 12.8. The number of fused-ring (bicyclic) bond motifs is 1. The summed E-state index contributed by atoms with van der Waals surface area (Å²) in [7, 11) is 0. The van der Waals surface area contributed by atoms with E-state index in [1.165, 1.54) is 0 Å². The van der Waals surface area contributed by atoms with Crippen LogP contribution in [0.4, 0.5) is 0 Å². The topological polar surface area (TPSA) is 85.8 Å². The molecule has 130 valence electrons. The number of carbonyl (C=O) groups is 1. The van der Waals surface area contributed by atoms with Crippen LogP contribution in [0.2, 0.25) is 5.02 Å². The van der Waals surface area contributed by atoms with Crippen LogP contribution in [0.5, 0.6) is 0 Å². The van der Waals surface area contributed by atoms with Gasteiger partial charge < -0.3 is 24.8 Å². The summed E-state index contributed by atoms with van der Waals surface area (Å²) < 4.78 is 5.29. The average molecular weight is 353 g/mol. The molecule has 0 unspecified atom stereocenters. The molecule has 1 fully saturated rings. The van der Waals surface area contributed by atoms with E-state index in [2.05, 4.69) is 4.98 Å². The Labute approximate surface area is 145 Å². The van der Waals surface area contributed by atoms with Crippen molar-refractivity contribution in [3.8, 4) is 0 Å². The Morgan fingerprint density at radius 1 is 1.42 bits per heavy atom. The molecule has 0 saturated carbocycles. The molecule has 1 aromatic carbocycles. The number of aliphatic hydroxyl groups excluding tert-OH is 2. The minimum atomic E-state index is -0.913. The predicted octanol–water partition coefficient (Wildman–Crippen LogP) is 1.65. The minimum Gasteiger partial charge on any atom is -0.390 e. The van der Waals surface area contributed by atoms with Gasteiger partial charge >= 0.3 is 0 Å². The highest BCUT2D eigenvalue weighted by atomic mass is 35.5.